The van der Waals surface area contributed by atoms with E-state index in [0.29, 0.717) is 17.5 Å². The second-order valence-electron chi connectivity index (χ2n) is 2.53. The number of hydrogen-bond donors (Lipinski definition) is 2. The van der Waals surface area contributed by atoms with Crippen LogP contribution in [0.1, 0.15) is 6.92 Å². The van der Waals surface area contributed by atoms with Gasteiger partial charge < -0.3 is 10.6 Å². The molecule has 0 spiro atoms. The van der Waals surface area contributed by atoms with Crippen molar-refractivity contribution in [1.29, 1.82) is 0 Å². The van der Waals surface area contributed by atoms with Crippen LogP contribution in [0.25, 0.3) is 0 Å². The molecule has 14 heavy (non-hydrogen) atoms. The van der Waals surface area contributed by atoms with Crippen LogP contribution < -0.4 is 10.6 Å². The second kappa shape index (κ2) is 5.39. The number of rotatable bonds is 4. The molecule has 0 unspecified atom stereocenters. The molecule has 0 fully saturated rings. The molecule has 0 aliphatic heterocycles. The first-order valence-electron chi connectivity index (χ1n) is 4.20. The Hall–Kier alpha value is -1.36. The highest BCUT2D eigenvalue weighted by atomic mass is 35.5. The summed E-state index contributed by atoms with van der Waals surface area (Å²) >= 11 is 5.63. The van der Waals surface area contributed by atoms with Gasteiger partial charge in [0.15, 0.2) is 0 Å². The maximum Gasteiger partial charge on any atom is 0.239 e. The fourth-order valence-corrected chi connectivity index (χ4v) is 1.01. The van der Waals surface area contributed by atoms with Crippen molar-refractivity contribution in [2.24, 2.45) is 0 Å². The summed E-state index contributed by atoms with van der Waals surface area (Å²) in [6, 6.07) is 1.56. The molecule has 0 radical (unpaired) electrons. The minimum atomic E-state index is -0.0813. The van der Waals surface area contributed by atoms with E-state index in [2.05, 4.69) is 20.6 Å². The van der Waals surface area contributed by atoms with Crippen molar-refractivity contribution in [3.63, 3.8) is 0 Å². The molecule has 1 amide bonds. The van der Waals surface area contributed by atoms with Gasteiger partial charge in [0.25, 0.3) is 0 Å². The van der Waals surface area contributed by atoms with Gasteiger partial charge in [-0.1, -0.05) is 11.6 Å². The summed E-state index contributed by atoms with van der Waals surface area (Å²) in [6.07, 6.45) is 1.34. The lowest BCUT2D eigenvalue weighted by atomic mass is 10.5. The number of carbonyl (C=O) groups is 1. The monoisotopic (exact) mass is 214 g/mol. The Morgan fingerprint density at radius 2 is 2.36 bits per heavy atom. The fourth-order valence-electron chi connectivity index (χ4n) is 0.861. The molecule has 5 nitrogen and oxygen atoms in total. The first-order chi connectivity index (χ1) is 6.72. The average Bonchev–Trinajstić information content (AvgIpc) is 2.15. The summed E-state index contributed by atoms with van der Waals surface area (Å²) in [5.41, 5.74) is 0. The number of likely N-dealkylation sites (N-methyl/N-ethyl adjacent to an activating group) is 1. The van der Waals surface area contributed by atoms with Crippen molar-refractivity contribution in [3.05, 3.63) is 17.5 Å². The fraction of sp³-hybridized carbons (Fsp3) is 0.375. The predicted molar refractivity (Wildman–Crippen MR) is 54.2 cm³/mol. The molecule has 1 rings (SSSR count). The number of hydrogen-bond acceptors (Lipinski definition) is 4. The number of nitrogens with zero attached hydrogens (tertiary/aromatic N) is 2. The number of carbonyl (C=O) groups excluding carboxylic acids is 1. The average molecular weight is 215 g/mol. The smallest absolute Gasteiger partial charge is 0.239 e. The Morgan fingerprint density at radius 1 is 1.57 bits per heavy atom. The van der Waals surface area contributed by atoms with Crippen LogP contribution in [-0.2, 0) is 4.79 Å². The summed E-state index contributed by atoms with van der Waals surface area (Å²) in [4.78, 5) is 18.7. The van der Waals surface area contributed by atoms with Gasteiger partial charge in [0.05, 0.1) is 6.54 Å². The zero-order valence-electron chi connectivity index (χ0n) is 7.75. The third kappa shape index (κ3) is 3.57. The van der Waals surface area contributed by atoms with E-state index in [4.69, 9.17) is 11.6 Å². The van der Waals surface area contributed by atoms with E-state index in [1.807, 2.05) is 6.92 Å². The van der Waals surface area contributed by atoms with E-state index >= 15 is 0 Å². The van der Waals surface area contributed by atoms with Crippen molar-refractivity contribution >= 4 is 23.3 Å². The van der Waals surface area contributed by atoms with Gasteiger partial charge in [-0.15, -0.1) is 0 Å². The second-order valence-corrected chi connectivity index (χ2v) is 2.92. The molecule has 0 aromatic carbocycles. The molecule has 1 aromatic rings. The summed E-state index contributed by atoms with van der Waals surface area (Å²) in [5.74, 6) is 0.457. The first kappa shape index (κ1) is 10.7. The molecular formula is C8H11ClN4O. The van der Waals surface area contributed by atoms with E-state index in [1.165, 1.54) is 6.33 Å². The van der Waals surface area contributed by atoms with Crippen molar-refractivity contribution in [3.8, 4) is 0 Å². The van der Waals surface area contributed by atoms with E-state index in [1.54, 1.807) is 6.07 Å². The van der Waals surface area contributed by atoms with Crippen LogP contribution >= 0.6 is 11.6 Å². The Balaban J connectivity index is 2.41. The Morgan fingerprint density at radius 3 is 3.00 bits per heavy atom. The van der Waals surface area contributed by atoms with Gasteiger partial charge in [-0.3, -0.25) is 4.79 Å². The molecule has 1 aromatic heterocycles. The quantitative estimate of drug-likeness (QED) is 0.724. The number of halogens is 1. The lowest BCUT2D eigenvalue weighted by molar-refractivity contribution is -0.119. The van der Waals surface area contributed by atoms with Crippen molar-refractivity contribution in [2.45, 2.75) is 6.92 Å². The zero-order chi connectivity index (χ0) is 10.4. The summed E-state index contributed by atoms with van der Waals surface area (Å²) in [7, 11) is 0. The molecule has 0 saturated heterocycles. The summed E-state index contributed by atoms with van der Waals surface area (Å²) in [5, 5.41) is 5.82. The summed E-state index contributed by atoms with van der Waals surface area (Å²) in [6.45, 7) is 2.66. The van der Waals surface area contributed by atoms with Crippen LogP contribution in [0, 0.1) is 0 Å². The zero-order valence-corrected chi connectivity index (χ0v) is 8.51. The molecule has 0 bridgehead atoms. The third-order valence-corrected chi connectivity index (χ3v) is 1.64. The van der Waals surface area contributed by atoms with Crippen LogP contribution in [0.3, 0.4) is 0 Å². The van der Waals surface area contributed by atoms with Gasteiger partial charge in [-0.05, 0) is 6.92 Å². The lowest BCUT2D eigenvalue weighted by Crippen LogP contribution is -2.29. The lowest BCUT2D eigenvalue weighted by Gasteiger charge is -2.04. The number of nitrogens with one attached hydrogen (secondary N) is 2. The molecule has 2 N–H and O–H groups in total. The standard InChI is InChI=1S/C8H11ClN4O/c1-2-10-8(14)4-11-7-3-6(9)12-5-13-7/h3,5H,2,4H2,1H3,(H,10,14)(H,11,12,13). The first-order valence-corrected chi connectivity index (χ1v) is 4.58. The maximum atomic E-state index is 11.1. The molecule has 6 heteroatoms. The predicted octanol–water partition coefficient (Wildman–Crippen LogP) is 0.678. The highest BCUT2D eigenvalue weighted by Gasteiger charge is 2.00. The Labute approximate surface area is 86.9 Å². The highest BCUT2D eigenvalue weighted by Crippen LogP contribution is 2.07. The third-order valence-electron chi connectivity index (χ3n) is 1.44. The molecule has 0 saturated carbocycles. The maximum absolute atomic E-state index is 11.1. The SMILES string of the molecule is CCNC(=O)CNc1cc(Cl)ncn1. The highest BCUT2D eigenvalue weighted by molar-refractivity contribution is 6.29. The molecule has 76 valence electrons. The minimum absolute atomic E-state index is 0.0813. The topological polar surface area (TPSA) is 66.9 Å². The van der Waals surface area contributed by atoms with Crippen molar-refractivity contribution in [1.82, 2.24) is 15.3 Å². The Bertz CT molecular complexity index is 318. The van der Waals surface area contributed by atoms with Gasteiger partial charge in [0.1, 0.15) is 17.3 Å². The van der Waals surface area contributed by atoms with Gasteiger partial charge in [-0.2, -0.15) is 0 Å². The minimum Gasteiger partial charge on any atom is -0.361 e. The molecular weight excluding hydrogens is 204 g/mol. The van der Waals surface area contributed by atoms with E-state index in [9.17, 15) is 4.79 Å². The molecule has 0 atom stereocenters. The van der Waals surface area contributed by atoms with Crippen molar-refractivity contribution in [2.75, 3.05) is 18.4 Å². The number of aromatic nitrogens is 2. The largest absolute Gasteiger partial charge is 0.361 e. The van der Waals surface area contributed by atoms with Gasteiger partial charge in [0.2, 0.25) is 5.91 Å². The number of amides is 1. The van der Waals surface area contributed by atoms with E-state index in [0.717, 1.165) is 0 Å². The van der Waals surface area contributed by atoms with E-state index < -0.39 is 0 Å². The van der Waals surface area contributed by atoms with Crippen LogP contribution in [0.2, 0.25) is 5.15 Å². The van der Waals surface area contributed by atoms with Gasteiger partial charge in [0, 0.05) is 12.6 Å². The van der Waals surface area contributed by atoms with Gasteiger partial charge in [-0.25, -0.2) is 9.97 Å². The van der Waals surface area contributed by atoms with Crippen LogP contribution in [0.4, 0.5) is 5.82 Å². The molecule has 0 aliphatic rings. The van der Waals surface area contributed by atoms with Crippen LogP contribution in [-0.4, -0.2) is 29.0 Å². The Kier molecular flexibility index (Phi) is 4.12. The van der Waals surface area contributed by atoms with Crippen LogP contribution in [0.15, 0.2) is 12.4 Å². The number of anilines is 1. The normalized spacial score (nSPS) is 9.57. The summed E-state index contributed by atoms with van der Waals surface area (Å²) < 4.78 is 0. The van der Waals surface area contributed by atoms with E-state index in [-0.39, 0.29) is 12.5 Å². The van der Waals surface area contributed by atoms with Gasteiger partial charge >= 0.3 is 0 Å². The molecule has 0 aliphatic carbocycles. The van der Waals surface area contributed by atoms with Crippen LogP contribution in [0.5, 0.6) is 0 Å². The van der Waals surface area contributed by atoms with Crippen molar-refractivity contribution < 1.29 is 4.79 Å². The molecule has 1 heterocycles.